The molecule has 270 valence electrons. The number of benzene rings is 7. The number of hydrogen-bond donors (Lipinski definition) is 0. The zero-order chi connectivity index (χ0) is 38.1. The summed E-state index contributed by atoms with van der Waals surface area (Å²) in [5, 5.41) is 0. The second-order valence-electron chi connectivity index (χ2n) is 16.7. The highest BCUT2D eigenvalue weighted by Gasteiger charge is 2.46. The summed E-state index contributed by atoms with van der Waals surface area (Å²) in [4.78, 5) is 15.6. The van der Waals surface area contributed by atoms with Gasteiger partial charge in [-0.05, 0) is 85.0 Å². The molecule has 7 aromatic carbocycles. The lowest BCUT2D eigenvalue weighted by atomic mass is 9.67. The Balaban J connectivity index is 1.15. The van der Waals surface area contributed by atoms with Crippen molar-refractivity contribution in [3.8, 4) is 56.4 Å². The maximum atomic E-state index is 5.28. The van der Waals surface area contributed by atoms with Gasteiger partial charge in [0.1, 0.15) is 0 Å². The van der Waals surface area contributed by atoms with Gasteiger partial charge in [-0.25, -0.2) is 15.0 Å². The maximum absolute atomic E-state index is 5.28. The van der Waals surface area contributed by atoms with E-state index in [4.69, 9.17) is 15.0 Å². The van der Waals surface area contributed by atoms with Crippen LogP contribution in [0.5, 0.6) is 0 Å². The predicted molar refractivity (Wildman–Crippen MR) is 230 cm³/mol. The monoisotopic (exact) mass is 721 g/mol. The van der Waals surface area contributed by atoms with Crippen LogP contribution in [-0.2, 0) is 16.2 Å². The lowest BCUT2D eigenvalue weighted by molar-refractivity contribution is 0.403. The summed E-state index contributed by atoms with van der Waals surface area (Å²) >= 11 is 0. The zero-order valence-corrected chi connectivity index (χ0v) is 32.3. The molecule has 0 aliphatic heterocycles. The van der Waals surface area contributed by atoms with E-state index in [0.29, 0.717) is 17.5 Å². The zero-order valence-electron chi connectivity index (χ0n) is 32.3. The van der Waals surface area contributed by atoms with Gasteiger partial charge in [-0.2, -0.15) is 0 Å². The van der Waals surface area contributed by atoms with Crippen molar-refractivity contribution in [2.24, 2.45) is 0 Å². The summed E-state index contributed by atoms with van der Waals surface area (Å²) in [5.41, 5.74) is 15.3. The Morgan fingerprint density at radius 2 is 0.804 bits per heavy atom. The molecule has 2 aliphatic rings. The van der Waals surface area contributed by atoms with Crippen molar-refractivity contribution in [3.63, 3.8) is 0 Å². The van der Waals surface area contributed by atoms with Crippen LogP contribution < -0.4 is 0 Å². The van der Waals surface area contributed by atoms with Crippen molar-refractivity contribution < 1.29 is 0 Å². The van der Waals surface area contributed by atoms with Gasteiger partial charge in [-0.1, -0.05) is 191 Å². The molecule has 0 fully saturated rings. The largest absolute Gasteiger partial charge is 0.208 e. The van der Waals surface area contributed by atoms with Crippen LogP contribution in [0.1, 0.15) is 67.5 Å². The summed E-state index contributed by atoms with van der Waals surface area (Å²) in [7, 11) is 0. The highest BCUT2D eigenvalue weighted by molar-refractivity contribution is 5.88. The molecular weight excluding hydrogens is 679 g/mol. The van der Waals surface area contributed by atoms with Crippen molar-refractivity contribution in [2.45, 2.75) is 50.4 Å². The molecule has 2 aliphatic carbocycles. The van der Waals surface area contributed by atoms with E-state index in [0.717, 1.165) is 28.7 Å². The van der Waals surface area contributed by atoms with Crippen LogP contribution >= 0.6 is 0 Å². The molecule has 8 aromatic rings. The summed E-state index contributed by atoms with van der Waals surface area (Å²) in [5.74, 6) is 1.95. The average molecular weight is 722 g/mol. The molecule has 3 nitrogen and oxygen atoms in total. The quantitative estimate of drug-likeness (QED) is 0.172. The first kappa shape index (κ1) is 34.1. The number of aromatic nitrogens is 3. The van der Waals surface area contributed by atoms with E-state index in [1.54, 1.807) is 0 Å². The molecule has 10 rings (SSSR count). The van der Waals surface area contributed by atoms with E-state index >= 15 is 0 Å². The van der Waals surface area contributed by atoms with Crippen molar-refractivity contribution in [2.75, 3.05) is 0 Å². The van der Waals surface area contributed by atoms with Crippen LogP contribution in [0.15, 0.2) is 176 Å². The van der Waals surface area contributed by atoms with Crippen LogP contribution in [0, 0.1) is 0 Å². The second-order valence-corrected chi connectivity index (χ2v) is 16.7. The molecular formula is C53H43N3. The fraction of sp³-hybridized carbons (Fsp3) is 0.151. The van der Waals surface area contributed by atoms with Crippen molar-refractivity contribution in [3.05, 3.63) is 209 Å². The Morgan fingerprint density at radius 1 is 0.339 bits per heavy atom. The van der Waals surface area contributed by atoms with Crippen LogP contribution in [0.2, 0.25) is 0 Å². The van der Waals surface area contributed by atoms with Gasteiger partial charge in [0.25, 0.3) is 0 Å². The molecule has 0 amide bonds. The minimum absolute atomic E-state index is 0.121. The Labute approximate surface area is 329 Å². The molecule has 0 atom stereocenters. The maximum Gasteiger partial charge on any atom is 0.164 e. The number of nitrogens with zero attached hydrogens (tertiary/aromatic N) is 3. The van der Waals surface area contributed by atoms with E-state index in [2.05, 4.69) is 185 Å². The Bertz CT molecular complexity index is 2730. The SMILES string of the molecule is CC1(C)CC(C)(C)c2cc(-c3cccc(-c4nc(-c5ccccc5)nc(-c5ccc6c(c5)C(c5ccccc5)(c5ccccc5)c5ccccc5-6)n4)c3)ccc21. The third kappa shape index (κ3) is 5.37. The second kappa shape index (κ2) is 12.8. The molecule has 0 saturated carbocycles. The minimum atomic E-state index is -0.517. The molecule has 3 heteroatoms. The van der Waals surface area contributed by atoms with Gasteiger partial charge >= 0.3 is 0 Å². The molecule has 0 radical (unpaired) electrons. The molecule has 56 heavy (non-hydrogen) atoms. The van der Waals surface area contributed by atoms with Crippen LogP contribution in [0.3, 0.4) is 0 Å². The van der Waals surface area contributed by atoms with Gasteiger partial charge in [0.05, 0.1) is 5.41 Å². The van der Waals surface area contributed by atoms with Gasteiger partial charge in [-0.15, -0.1) is 0 Å². The smallest absolute Gasteiger partial charge is 0.164 e. The van der Waals surface area contributed by atoms with E-state index in [1.807, 2.05) is 18.2 Å². The van der Waals surface area contributed by atoms with Gasteiger partial charge in [0.15, 0.2) is 17.5 Å². The average Bonchev–Trinajstić information content (AvgIpc) is 3.64. The summed E-state index contributed by atoms with van der Waals surface area (Å²) in [6.07, 6.45) is 1.14. The summed E-state index contributed by atoms with van der Waals surface area (Å²) in [6.45, 7) is 9.48. The number of fused-ring (bicyclic) bond motifs is 4. The van der Waals surface area contributed by atoms with Crippen molar-refractivity contribution in [1.82, 2.24) is 15.0 Å². The molecule has 1 heterocycles. The van der Waals surface area contributed by atoms with E-state index in [9.17, 15) is 0 Å². The normalized spacial score (nSPS) is 15.5. The van der Waals surface area contributed by atoms with E-state index in [-0.39, 0.29) is 10.8 Å². The third-order valence-electron chi connectivity index (χ3n) is 12.2. The first-order valence-electron chi connectivity index (χ1n) is 19.7. The first-order valence-corrected chi connectivity index (χ1v) is 19.7. The number of hydrogen-bond acceptors (Lipinski definition) is 3. The molecule has 0 N–H and O–H groups in total. The fourth-order valence-corrected chi connectivity index (χ4v) is 9.94. The van der Waals surface area contributed by atoms with E-state index < -0.39 is 5.41 Å². The molecule has 1 aromatic heterocycles. The van der Waals surface area contributed by atoms with Crippen LogP contribution in [0.25, 0.3) is 56.4 Å². The molecule has 0 saturated heterocycles. The summed E-state index contributed by atoms with van der Waals surface area (Å²) < 4.78 is 0. The standard InChI is InChI=1S/C53H43N3/c1-51(2)34-52(3,4)47-32-37(28-30-45(47)51)36-19-16-20-38(31-36)49-54-48(35-17-8-5-9-18-35)55-50(56-49)39-27-29-43-42-25-14-15-26-44(42)53(46(43)33-39,40-21-10-6-11-22-40)41-23-12-7-13-24-41/h5-33H,34H2,1-4H3. The molecule has 0 spiro atoms. The highest BCUT2D eigenvalue weighted by atomic mass is 15.0. The Kier molecular flexibility index (Phi) is 7.80. The minimum Gasteiger partial charge on any atom is -0.208 e. The Morgan fingerprint density at radius 3 is 1.48 bits per heavy atom. The van der Waals surface area contributed by atoms with Gasteiger partial charge in [-0.3, -0.25) is 0 Å². The lowest BCUT2D eigenvalue weighted by Crippen LogP contribution is -2.28. The summed E-state index contributed by atoms with van der Waals surface area (Å²) in [6, 6.07) is 63.4. The van der Waals surface area contributed by atoms with E-state index in [1.165, 1.54) is 50.1 Å². The fourth-order valence-electron chi connectivity index (χ4n) is 9.94. The topological polar surface area (TPSA) is 38.7 Å². The third-order valence-corrected chi connectivity index (χ3v) is 12.2. The molecule has 0 unspecified atom stereocenters. The predicted octanol–water partition coefficient (Wildman–Crippen LogP) is 12.9. The highest BCUT2D eigenvalue weighted by Crippen LogP contribution is 2.56. The van der Waals surface area contributed by atoms with Crippen molar-refractivity contribution >= 4 is 0 Å². The lowest BCUT2D eigenvalue weighted by Gasteiger charge is -2.34. The van der Waals surface area contributed by atoms with Gasteiger partial charge in [0, 0.05) is 16.7 Å². The Hall–Kier alpha value is -6.45. The number of rotatable bonds is 6. The van der Waals surface area contributed by atoms with Gasteiger partial charge < -0.3 is 0 Å². The van der Waals surface area contributed by atoms with Crippen molar-refractivity contribution in [1.29, 1.82) is 0 Å². The van der Waals surface area contributed by atoms with Gasteiger partial charge in [0.2, 0.25) is 0 Å². The first-order chi connectivity index (χ1) is 27.2. The van der Waals surface area contributed by atoms with Crippen LogP contribution in [0.4, 0.5) is 0 Å². The van der Waals surface area contributed by atoms with Crippen LogP contribution in [-0.4, -0.2) is 15.0 Å². The molecule has 0 bridgehead atoms.